The molecule has 1 rings (SSSR count). The summed E-state index contributed by atoms with van der Waals surface area (Å²) in [6.45, 7) is 19.5. The van der Waals surface area contributed by atoms with Crippen LogP contribution in [0.4, 0.5) is 0 Å². The number of hydroxylamine groups is 2. The summed E-state index contributed by atoms with van der Waals surface area (Å²) in [6.07, 6.45) is 0. The summed E-state index contributed by atoms with van der Waals surface area (Å²) in [5, 5.41) is 2.05. The second-order valence-electron chi connectivity index (χ2n) is 7.53. The smallest absolute Gasteiger partial charge is 0.0919 e. The van der Waals surface area contributed by atoms with Crippen LogP contribution in [-0.2, 0) is 14.3 Å². The molecule has 1 heterocycles. The van der Waals surface area contributed by atoms with E-state index in [-0.39, 0.29) is 11.2 Å². The highest BCUT2D eigenvalue weighted by atomic mass is 16.7. The summed E-state index contributed by atoms with van der Waals surface area (Å²) in [5.41, 5.74) is -0.132. The quantitative estimate of drug-likeness (QED) is 0.673. The molecule has 5 heteroatoms. The molecule has 1 saturated heterocycles. The zero-order valence-corrected chi connectivity index (χ0v) is 14.8. The molecule has 0 aromatic carbocycles. The van der Waals surface area contributed by atoms with Gasteiger partial charge in [0, 0.05) is 32.7 Å². The molecule has 0 saturated carbocycles. The molecular formula is C16H34N2O3. The van der Waals surface area contributed by atoms with Gasteiger partial charge in [0.2, 0.25) is 0 Å². The van der Waals surface area contributed by atoms with E-state index in [1.807, 2.05) is 5.06 Å². The van der Waals surface area contributed by atoms with E-state index in [0.717, 1.165) is 39.3 Å². The van der Waals surface area contributed by atoms with Gasteiger partial charge in [-0.1, -0.05) is 0 Å². The molecular weight excluding hydrogens is 268 g/mol. The standard InChI is InChI=1S/C16H34N2O3/c1-15(2,3)19-12-11-17-7-9-18(10-8-17)21-14-13-20-16(4,5)6/h7-14H2,1-6H3. The predicted octanol–water partition coefficient (Wildman–Crippen LogP) is 2.17. The van der Waals surface area contributed by atoms with Crippen LogP contribution in [0, 0.1) is 0 Å². The second kappa shape index (κ2) is 8.44. The zero-order chi connectivity index (χ0) is 15.9. The first kappa shape index (κ1) is 18.8. The molecule has 0 radical (unpaired) electrons. The van der Waals surface area contributed by atoms with Gasteiger partial charge in [0.05, 0.1) is 31.0 Å². The van der Waals surface area contributed by atoms with Crippen molar-refractivity contribution in [3.8, 4) is 0 Å². The summed E-state index contributed by atoms with van der Waals surface area (Å²) in [7, 11) is 0. The number of piperazine rings is 1. The first-order valence-corrected chi connectivity index (χ1v) is 8.04. The van der Waals surface area contributed by atoms with Crippen LogP contribution in [0.5, 0.6) is 0 Å². The fourth-order valence-electron chi connectivity index (χ4n) is 2.08. The van der Waals surface area contributed by atoms with Gasteiger partial charge >= 0.3 is 0 Å². The maximum Gasteiger partial charge on any atom is 0.0919 e. The minimum Gasteiger partial charge on any atom is -0.375 e. The molecule has 1 aliphatic rings. The van der Waals surface area contributed by atoms with Crippen LogP contribution in [0.2, 0.25) is 0 Å². The number of ether oxygens (including phenoxy) is 2. The van der Waals surface area contributed by atoms with Crippen molar-refractivity contribution in [1.29, 1.82) is 0 Å². The molecule has 0 atom stereocenters. The Hall–Kier alpha value is -0.200. The fraction of sp³-hybridized carbons (Fsp3) is 1.00. The van der Waals surface area contributed by atoms with Gasteiger partial charge in [0.25, 0.3) is 0 Å². The minimum atomic E-state index is -0.0882. The lowest BCUT2D eigenvalue weighted by atomic mass is 10.2. The number of rotatable bonds is 7. The van der Waals surface area contributed by atoms with Crippen molar-refractivity contribution in [1.82, 2.24) is 9.96 Å². The van der Waals surface area contributed by atoms with E-state index in [2.05, 4.69) is 46.4 Å². The third kappa shape index (κ3) is 10.2. The molecule has 0 unspecified atom stereocenters. The molecule has 0 spiro atoms. The third-order valence-corrected chi connectivity index (χ3v) is 3.17. The molecule has 0 amide bonds. The predicted molar refractivity (Wildman–Crippen MR) is 85.4 cm³/mol. The van der Waals surface area contributed by atoms with E-state index in [0.29, 0.717) is 13.2 Å². The van der Waals surface area contributed by atoms with Gasteiger partial charge in [-0.25, -0.2) is 0 Å². The Kier molecular flexibility index (Phi) is 7.57. The monoisotopic (exact) mass is 302 g/mol. The van der Waals surface area contributed by atoms with Gasteiger partial charge in [-0.15, -0.1) is 0 Å². The third-order valence-electron chi connectivity index (χ3n) is 3.17. The number of hydrogen-bond acceptors (Lipinski definition) is 5. The molecule has 0 bridgehead atoms. The van der Waals surface area contributed by atoms with Crippen molar-refractivity contribution in [2.24, 2.45) is 0 Å². The van der Waals surface area contributed by atoms with E-state index in [1.54, 1.807) is 0 Å². The second-order valence-corrected chi connectivity index (χ2v) is 7.53. The van der Waals surface area contributed by atoms with Crippen molar-refractivity contribution in [3.05, 3.63) is 0 Å². The van der Waals surface area contributed by atoms with Crippen LogP contribution in [0.15, 0.2) is 0 Å². The Balaban J connectivity index is 2.04. The average Bonchev–Trinajstić information content (AvgIpc) is 2.34. The molecule has 0 N–H and O–H groups in total. The van der Waals surface area contributed by atoms with E-state index in [9.17, 15) is 0 Å². The van der Waals surface area contributed by atoms with Crippen LogP contribution in [0.25, 0.3) is 0 Å². The number of hydrogen-bond donors (Lipinski definition) is 0. The normalized spacial score (nSPS) is 19.1. The Morgan fingerprint density at radius 3 is 1.76 bits per heavy atom. The molecule has 0 aromatic rings. The van der Waals surface area contributed by atoms with Crippen molar-refractivity contribution >= 4 is 0 Å². The van der Waals surface area contributed by atoms with Crippen LogP contribution >= 0.6 is 0 Å². The highest BCUT2D eigenvalue weighted by molar-refractivity contribution is 4.68. The van der Waals surface area contributed by atoms with Gasteiger partial charge in [-0.3, -0.25) is 9.74 Å². The van der Waals surface area contributed by atoms with E-state index in [1.165, 1.54) is 0 Å². The van der Waals surface area contributed by atoms with E-state index >= 15 is 0 Å². The number of nitrogens with zero attached hydrogens (tertiary/aromatic N) is 2. The first-order valence-electron chi connectivity index (χ1n) is 8.04. The fourth-order valence-corrected chi connectivity index (χ4v) is 2.08. The topological polar surface area (TPSA) is 34.2 Å². The lowest BCUT2D eigenvalue weighted by molar-refractivity contribution is -0.192. The molecule has 0 aromatic heterocycles. The largest absolute Gasteiger partial charge is 0.375 e. The van der Waals surface area contributed by atoms with Crippen molar-refractivity contribution in [2.75, 3.05) is 52.5 Å². The van der Waals surface area contributed by atoms with E-state index in [4.69, 9.17) is 14.3 Å². The zero-order valence-electron chi connectivity index (χ0n) is 14.8. The summed E-state index contributed by atoms with van der Waals surface area (Å²) in [4.78, 5) is 8.16. The van der Waals surface area contributed by atoms with Crippen LogP contribution in [0.3, 0.4) is 0 Å². The Labute approximate surface area is 130 Å². The van der Waals surface area contributed by atoms with Crippen LogP contribution in [-0.4, -0.2) is 73.7 Å². The van der Waals surface area contributed by atoms with Crippen molar-refractivity contribution < 1.29 is 14.3 Å². The SMILES string of the molecule is CC(C)(C)OCCON1CCN(CCOC(C)(C)C)CC1. The van der Waals surface area contributed by atoms with Gasteiger partial charge < -0.3 is 9.47 Å². The molecule has 126 valence electrons. The Bertz CT molecular complexity index is 276. The highest BCUT2D eigenvalue weighted by Crippen LogP contribution is 2.08. The Morgan fingerprint density at radius 2 is 1.24 bits per heavy atom. The molecule has 1 fully saturated rings. The van der Waals surface area contributed by atoms with Crippen molar-refractivity contribution in [3.63, 3.8) is 0 Å². The maximum absolute atomic E-state index is 5.77. The summed E-state index contributed by atoms with van der Waals surface area (Å²) < 4.78 is 11.4. The average molecular weight is 302 g/mol. The molecule has 1 aliphatic heterocycles. The summed E-state index contributed by atoms with van der Waals surface area (Å²) >= 11 is 0. The van der Waals surface area contributed by atoms with E-state index < -0.39 is 0 Å². The van der Waals surface area contributed by atoms with Crippen LogP contribution < -0.4 is 0 Å². The molecule has 21 heavy (non-hydrogen) atoms. The van der Waals surface area contributed by atoms with Gasteiger partial charge in [0.15, 0.2) is 0 Å². The highest BCUT2D eigenvalue weighted by Gasteiger charge is 2.18. The molecule has 5 nitrogen and oxygen atoms in total. The lowest BCUT2D eigenvalue weighted by Crippen LogP contribution is -2.47. The molecule has 0 aliphatic carbocycles. The van der Waals surface area contributed by atoms with Gasteiger partial charge in [0.1, 0.15) is 0 Å². The van der Waals surface area contributed by atoms with Gasteiger partial charge in [-0.2, -0.15) is 5.06 Å². The minimum absolute atomic E-state index is 0.0437. The van der Waals surface area contributed by atoms with Crippen LogP contribution in [0.1, 0.15) is 41.5 Å². The summed E-state index contributed by atoms with van der Waals surface area (Å²) in [5.74, 6) is 0. The lowest BCUT2D eigenvalue weighted by Gasteiger charge is -2.34. The first-order chi connectivity index (χ1) is 9.66. The summed E-state index contributed by atoms with van der Waals surface area (Å²) in [6, 6.07) is 0. The Morgan fingerprint density at radius 1 is 0.714 bits per heavy atom. The van der Waals surface area contributed by atoms with Gasteiger partial charge in [-0.05, 0) is 41.5 Å². The maximum atomic E-state index is 5.77. The van der Waals surface area contributed by atoms with Crippen molar-refractivity contribution in [2.45, 2.75) is 52.7 Å².